The van der Waals surface area contributed by atoms with Gasteiger partial charge in [0, 0.05) is 0 Å². The SMILES string of the molecule is C=CCc1cccc2c1C(=O)NC2=O.N. The Balaban J connectivity index is 0.00000112. The highest BCUT2D eigenvalue weighted by Crippen LogP contribution is 2.20. The van der Waals surface area contributed by atoms with Crippen LogP contribution in [0.1, 0.15) is 26.3 Å². The molecule has 15 heavy (non-hydrogen) atoms. The lowest BCUT2D eigenvalue weighted by atomic mass is 10.0. The van der Waals surface area contributed by atoms with Crippen LogP contribution in [0.5, 0.6) is 0 Å². The van der Waals surface area contributed by atoms with Crippen LogP contribution in [0, 0.1) is 0 Å². The monoisotopic (exact) mass is 204 g/mol. The van der Waals surface area contributed by atoms with Gasteiger partial charge in [0.05, 0.1) is 11.1 Å². The lowest BCUT2D eigenvalue weighted by Gasteiger charge is -2.01. The summed E-state index contributed by atoms with van der Waals surface area (Å²) in [7, 11) is 0. The van der Waals surface area contributed by atoms with Crippen molar-refractivity contribution in [1.82, 2.24) is 11.5 Å². The minimum atomic E-state index is -0.309. The van der Waals surface area contributed by atoms with Gasteiger partial charge in [-0.3, -0.25) is 14.9 Å². The van der Waals surface area contributed by atoms with Gasteiger partial charge in [-0.2, -0.15) is 0 Å². The van der Waals surface area contributed by atoms with E-state index in [-0.39, 0.29) is 18.0 Å². The second-order valence-corrected chi connectivity index (χ2v) is 3.12. The van der Waals surface area contributed by atoms with E-state index in [1.165, 1.54) is 0 Å². The number of carbonyl (C=O) groups is 2. The minimum Gasteiger partial charge on any atom is -0.344 e. The van der Waals surface area contributed by atoms with Gasteiger partial charge in [0.25, 0.3) is 11.8 Å². The van der Waals surface area contributed by atoms with Crippen molar-refractivity contribution in [3.05, 3.63) is 47.5 Å². The molecule has 1 aliphatic heterocycles. The van der Waals surface area contributed by atoms with Crippen LogP contribution in [0.4, 0.5) is 0 Å². The molecule has 0 atom stereocenters. The number of hydrogen-bond acceptors (Lipinski definition) is 3. The van der Waals surface area contributed by atoms with Gasteiger partial charge in [-0.15, -0.1) is 6.58 Å². The number of rotatable bonds is 2. The topological polar surface area (TPSA) is 81.2 Å². The Bertz CT molecular complexity index is 438. The summed E-state index contributed by atoms with van der Waals surface area (Å²) in [5.41, 5.74) is 1.81. The highest BCUT2D eigenvalue weighted by Gasteiger charge is 2.28. The van der Waals surface area contributed by atoms with E-state index in [0.29, 0.717) is 17.5 Å². The van der Waals surface area contributed by atoms with Gasteiger partial charge in [-0.05, 0) is 18.1 Å². The fourth-order valence-electron chi connectivity index (χ4n) is 1.62. The first-order valence-corrected chi connectivity index (χ1v) is 4.32. The molecule has 78 valence electrons. The molecule has 2 amide bonds. The Morgan fingerprint density at radius 1 is 1.27 bits per heavy atom. The molecule has 0 spiro atoms. The predicted octanol–water partition coefficient (Wildman–Crippen LogP) is 1.46. The average Bonchev–Trinajstić information content (AvgIpc) is 2.44. The maximum absolute atomic E-state index is 11.4. The van der Waals surface area contributed by atoms with E-state index in [2.05, 4.69) is 11.9 Å². The smallest absolute Gasteiger partial charge is 0.259 e. The van der Waals surface area contributed by atoms with Gasteiger partial charge in [0.15, 0.2) is 0 Å². The second-order valence-electron chi connectivity index (χ2n) is 3.12. The quantitative estimate of drug-likeness (QED) is 0.565. The molecule has 4 heteroatoms. The van der Waals surface area contributed by atoms with Crippen molar-refractivity contribution in [2.24, 2.45) is 0 Å². The van der Waals surface area contributed by atoms with Crippen LogP contribution in [0.25, 0.3) is 0 Å². The lowest BCUT2D eigenvalue weighted by molar-refractivity contribution is 0.0879. The predicted molar refractivity (Wildman–Crippen MR) is 57.2 cm³/mol. The van der Waals surface area contributed by atoms with Gasteiger partial charge in [0.2, 0.25) is 0 Å². The normalized spacial score (nSPS) is 12.8. The molecular formula is C11H12N2O2. The summed E-state index contributed by atoms with van der Waals surface area (Å²) in [6.07, 6.45) is 2.32. The third kappa shape index (κ3) is 1.67. The van der Waals surface area contributed by atoms with Crippen molar-refractivity contribution < 1.29 is 9.59 Å². The molecule has 0 saturated heterocycles. The second kappa shape index (κ2) is 4.06. The zero-order valence-corrected chi connectivity index (χ0v) is 8.25. The summed E-state index contributed by atoms with van der Waals surface area (Å²) < 4.78 is 0. The number of benzene rings is 1. The van der Waals surface area contributed by atoms with E-state index >= 15 is 0 Å². The largest absolute Gasteiger partial charge is 0.344 e. The number of allylic oxidation sites excluding steroid dienone is 1. The van der Waals surface area contributed by atoms with Crippen LogP contribution < -0.4 is 11.5 Å². The number of fused-ring (bicyclic) bond motifs is 1. The first-order valence-electron chi connectivity index (χ1n) is 4.32. The van der Waals surface area contributed by atoms with Crippen molar-refractivity contribution in [3.8, 4) is 0 Å². The van der Waals surface area contributed by atoms with Gasteiger partial charge in [0.1, 0.15) is 0 Å². The molecule has 1 aromatic carbocycles. The Morgan fingerprint density at radius 2 is 2.00 bits per heavy atom. The van der Waals surface area contributed by atoms with Crippen LogP contribution in [-0.4, -0.2) is 11.8 Å². The molecule has 1 aromatic rings. The molecule has 4 N–H and O–H groups in total. The molecule has 0 aliphatic carbocycles. The zero-order chi connectivity index (χ0) is 10.1. The third-order valence-corrected chi connectivity index (χ3v) is 2.21. The molecule has 0 unspecified atom stereocenters. The summed E-state index contributed by atoms with van der Waals surface area (Å²) in [6, 6.07) is 5.26. The molecule has 0 fully saturated rings. The maximum Gasteiger partial charge on any atom is 0.259 e. The molecule has 1 aliphatic rings. The number of imide groups is 1. The van der Waals surface area contributed by atoms with Crippen molar-refractivity contribution >= 4 is 11.8 Å². The van der Waals surface area contributed by atoms with Crippen LogP contribution in [0.15, 0.2) is 30.9 Å². The van der Waals surface area contributed by atoms with Crippen LogP contribution in [0.3, 0.4) is 0 Å². The van der Waals surface area contributed by atoms with Crippen LogP contribution in [0.2, 0.25) is 0 Å². The van der Waals surface area contributed by atoms with E-state index in [9.17, 15) is 9.59 Å². The highest BCUT2D eigenvalue weighted by atomic mass is 16.2. The Labute approximate surface area is 87.6 Å². The Kier molecular flexibility index (Phi) is 3.01. The standard InChI is InChI=1S/C11H9NO2.H3N/c1-2-4-7-5-3-6-8-9(7)11(14)12-10(8)13;/h2-3,5-6H,1,4H2,(H,12,13,14);1H3. The average molecular weight is 204 g/mol. The van der Waals surface area contributed by atoms with Gasteiger partial charge in [-0.1, -0.05) is 18.2 Å². The number of nitrogens with one attached hydrogen (secondary N) is 1. The van der Waals surface area contributed by atoms with E-state index in [1.54, 1.807) is 18.2 Å². The first kappa shape index (κ1) is 11.1. The van der Waals surface area contributed by atoms with Gasteiger partial charge < -0.3 is 6.15 Å². The molecule has 1 heterocycles. The Hall–Kier alpha value is -1.94. The van der Waals surface area contributed by atoms with Crippen molar-refractivity contribution in [2.45, 2.75) is 6.42 Å². The number of hydrogen-bond donors (Lipinski definition) is 2. The molecule has 0 radical (unpaired) electrons. The van der Waals surface area contributed by atoms with E-state index < -0.39 is 0 Å². The van der Waals surface area contributed by atoms with E-state index in [0.717, 1.165) is 5.56 Å². The number of carbonyl (C=O) groups excluding carboxylic acids is 2. The molecular weight excluding hydrogens is 192 g/mol. The molecule has 0 bridgehead atoms. The molecule has 0 saturated carbocycles. The van der Waals surface area contributed by atoms with E-state index in [4.69, 9.17) is 0 Å². The summed E-state index contributed by atoms with van der Waals surface area (Å²) >= 11 is 0. The first-order chi connectivity index (χ1) is 6.74. The third-order valence-electron chi connectivity index (χ3n) is 2.21. The summed E-state index contributed by atoms with van der Waals surface area (Å²) in [5.74, 6) is -0.613. The minimum absolute atomic E-state index is 0. The fraction of sp³-hybridized carbons (Fsp3) is 0.0909. The van der Waals surface area contributed by atoms with Crippen LogP contribution >= 0.6 is 0 Å². The van der Waals surface area contributed by atoms with E-state index in [1.807, 2.05) is 6.07 Å². The maximum atomic E-state index is 11.4. The molecule has 4 nitrogen and oxygen atoms in total. The van der Waals surface area contributed by atoms with Crippen molar-refractivity contribution in [3.63, 3.8) is 0 Å². The summed E-state index contributed by atoms with van der Waals surface area (Å²) in [5, 5.41) is 2.27. The fourth-order valence-corrected chi connectivity index (χ4v) is 1.62. The molecule has 2 rings (SSSR count). The molecule has 0 aromatic heterocycles. The summed E-state index contributed by atoms with van der Waals surface area (Å²) in [4.78, 5) is 22.7. The van der Waals surface area contributed by atoms with Gasteiger partial charge >= 0.3 is 0 Å². The van der Waals surface area contributed by atoms with Crippen molar-refractivity contribution in [2.75, 3.05) is 0 Å². The lowest BCUT2D eigenvalue weighted by Crippen LogP contribution is -2.20. The Morgan fingerprint density at radius 3 is 2.67 bits per heavy atom. The van der Waals surface area contributed by atoms with Crippen LogP contribution in [-0.2, 0) is 6.42 Å². The summed E-state index contributed by atoms with van der Waals surface area (Å²) in [6.45, 7) is 3.61. The van der Waals surface area contributed by atoms with Crippen molar-refractivity contribution in [1.29, 1.82) is 0 Å². The number of amides is 2. The van der Waals surface area contributed by atoms with Gasteiger partial charge in [-0.25, -0.2) is 0 Å². The highest BCUT2D eigenvalue weighted by molar-refractivity contribution is 6.22. The zero-order valence-electron chi connectivity index (χ0n) is 8.25.